The zero-order valence-corrected chi connectivity index (χ0v) is 12.5. The minimum atomic E-state index is -0.434. The van der Waals surface area contributed by atoms with Gasteiger partial charge >= 0.3 is 0 Å². The monoisotopic (exact) mass is 306 g/mol. The molecule has 3 atom stereocenters. The maximum absolute atomic E-state index is 12.4. The summed E-state index contributed by atoms with van der Waals surface area (Å²) in [6.07, 6.45) is 5.40. The molecule has 22 heavy (non-hydrogen) atoms. The number of amides is 2. The number of hydrogen-bond acceptors (Lipinski definition) is 4. The number of likely N-dealkylation sites (tertiary alicyclic amines) is 1. The van der Waals surface area contributed by atoms with E-state index < -0.39 is 6.04 Å². The molecule has 1 saturated heterocycles. The van der Waals surface area contributed by atoms with Gasteiger partial charge in [0.2, 0.25) is 5.91 Å². The van der Waals surface area contributed by atoms with Crippen LogP contribution in [0.4, 0.5) is 0 Å². The highest BCUT2D eigenvalue weighted by molar-refractivity contribution is 5.95. The summed E-state index contributed by atoms with van der Waals surface area (Å²) in [5.41, 5.74) is 0. The number of carbonyl (C=O) groups excluding carboxylic acids is 2. The van der Waals surface area contributed by atoms with E-state index in [9.17, 15) is 14.7 Å². The second-order valence-corrected chi connectivity index (χ2v) is 6.14. The van der Waals surface area contributed by atoms with E-state index in [1.807, 2.05) is 0 Å². The van der Waals surface area contributed by atoms with Crippen LogP contribution in [0.25, 0.3) is 0 Å². The van der Waals surface area contributed by atoms with Gasteiger partial charge in [-0.1, -0.05) is 6.42 Å². The van der Waals surface area contributed by atoms with Crippen molar-refractivity contribution in [3.63, 3.8) is 0 Å². The molecule has 0 bridgehead atoms. The van der Waals surface area contributed by atoms with Gasteiger partial charge in [-0.25, -0.2) is 0 Å². The molecule has 3 rings (SSSR count). The molecule has 3 unspecified atom stereocenters. The van der Waals surface area contributed by atoms with Crippen molar-refractivity contribution in [2.75, 3.05) is 13.1 Å². The van der Waals surface area contributed by atoms with Crippen molar-refractivity contribution >= 4 is 11.8 Å². The van der Waals surface area contributed by atoms with Gasteiger partial charge in [-0.3, -0.25) is 9.59 Å². The average molecular weight is 306 g/mol. The number of aliphatic hydroxyl groups is 1. The highest BCUT2D eigenvalue weighted by Gasteiger charge is 2.36. The van der Waals surface area contributed by atoms with Gasteiger partial charge in [0.1, 0.15) is 6.04 Å². The lowest BCUT2D eigenvalue weighted by Crippen LogP contribution is -2.47. The third-order valence-electron chi connectivity index (χ3n) is 4.71. The quantitative estimate of drug-likeness (QED) is 0.874. The molecular formula is C16H22N2O4. The van der Waals surface area contributed by atoms with Gasteiger partial charge in [0.05, 0.1) is 12.4 Å². The van der Waals surface area contributed by atoms with Crippen LogP contribution in [0.2, 0.25) is 0 Å². The van der Waals surface area contributed by atoms with Gasteiger partial charge in [-0.2, -0.15) is 0 Å². The van der Waals surface area contributed by atoms with Crippen LogP contribution in [-0.4, -0.2) is 47.1 Å². The lowest BCUT2D eigenvalue weighted by Gasteiger charge is -2.24. The largest absolute Gasteiger partial charge is 0.459 e. The topological polar surface area (TPSA) is 82.8 Å². The van der Waals surface area contributed by atoms with Gasteiger partial charge in [-0.05, 0) is 37.8 Å². The second-order valence-electron chi connectivity index (χ2n) is 6.14. The number of nitrogens with one attached hydrogen (secondary N) is 1. The average Bonchev–Trinajstić information content (AvgIpc) is 3.25. The molecule has 1 aromatic heterocycles. The van der Waals surface area contributed by atoms with E-state index in [2.05, 4.69) is 5.32 Å². The summed E-state index contributed by atoms with van der Waals surface area (Å²) in [5, 5.41) is 12.7. The summed E-state index contributed by atoms with van der Waals surface area (Å²) >= 11 is 0. The van der Waals surface area contributed by atoms with Gasteiger partial charge in [0, 0.05) is 19.0 Å². The molecule has 0 spiro atoms. The Kier molecular flexibility index (Phi) is 4.47. The number of aliphatic hydroxyl groups excluding tert-OH is 1. The summed E-state index contributed by atoms with van der Waals surface area (Å²) in [4.78, 5) is 26.3. The second kappa shape index (κ2) is 6.52. The first-order chi connectivity index (χ1) is 10.7. The van der Waals surface area contributed by atoms with Crippen LogP contribution in [0, 0.1) is 5.92 Å². The predicted molar refractivity (Wildman–Crippen MR) is 79.1 cm³/mol. The van der Waals surface area contributed by atoms with E-state index in [-0.39, 0.29) is 29.6 Å². The Morgan fingerprint density at radius 3 is 2.86 bits per heavy atom. The summed E-state index contributed by atoms with van der Waals surface area (Å²) in [5.74, 6) is 0.0468. The molecule has 2 fully saturated rings. The van der Waals surface area contributed by atoms with Crippen molar-refractivity contribution < 1.29 is 19.1 Å². The van der Waals surface area contributed by atoms with Crippen LogP contribution in [-0.2, 0) is 4.79 Å². The Morgan fingerprint density at radius 2 is 2.18 bits per heavy atom. The summed E-state index contributed by atoms with van der Waals surface area (Å²) in [7, 11) is 0. The summed E-state index contributed by atoms with van der Waals surface area (Å²) in [6, 6.07) is 2.85. The Labute approximate surface area is 129 Å². The fraction of sp³-hybridized carbons (Fsp3) is 0.625. The first-order valence-corrected chi connectivity index (χ1v) is 7.97. The molecule has 2 amide bonds. The number of hydrogen-bond donors (Lipinski definition) is 2. The predicted octanol–water partition coefficient (Wildman–Crippen LogP) is 1.16. The Morgan fingerprint density at radius 1 is 1.32 bits per heavy atom. The molecule has 120 valence electrons. The van der Waals surface area contributed by atoms with Gasteiger partial charge in [-0.15, -0.1) is 0 Å². The first kappa shape index (κ1) is 15.1. The molecular weight excluding hydrogens is 284 g/mol. The van der Waals surface area contributed by atoms with Gasteiger partial charge in [0.15, 0.2) is 5.76 Å². The molecule has 1 saturated carbocycles. The van der Waals surface area contributed by atoms with E-state index in [0.717, 1.165) is 25.7 Å². The Bertz CT molecular complexity index is 528. The molecule has 1 aromatic rings. The van der Waals surface area contributed by atoms with Crippen LogP contribution in [0.1, 0.15) is 42.7 Å². The zero-order chi connectivity index (χ0) is 15.5. The Balaban J connectivity index is 1.58. The first-order valence-electron chi connectivity index (χ1n) is 7.97. The van der Waals surface area contributed by atoms with Crippen LogP contribution < -0.4 is 5.32 Å². The lowest BCUT2D eigenvalue weighted by atomic mass is 10.1. The fourth-order valence-electron chi connectivity index (χ4n) is 3.43. The van der Waals surface area contributed by atoms with Crippen molar-refractivity contribution in [1.82, 2.24) is 10.2 Å². The molecule has 0 radical (unpaired) electrons. The third-order valence-corrected chi connectivity index (χ3v) is 4.71. The maximum Gasteiger partial charge on any atom is 0.290 e. The highest BCUT2D eigenvalue weighted by atomic mass is 16.3. The molecule has 2 aliphatic rings. The van der Waals surface area contributed by atoms with E-state index in [1.54, 1.807) is 17.0 Å². The molecule has 2 N–H and O–H groups in total. The normalized spacial score (nSPS) is 28.0. The highest BCUT2D eigenvalue weighted by Crippen LogP contribution is 2.25. The van der Waals surface area contributed by atoms with Crippen molar-refractivity contribution in [1.29, 1.82) is 0 Å². The van der Waals surface area contributed by atoms with Crippen molar-refractivity contribution in [2.24, 2.45) is 5.92 Å². The van der Waals surface area contributed by atoms with E-state index in [4.69, 9.17) is 4.42 Å². The molecule has 0 aromatic carbocycles. The van der Waals surface area contributed by atoms with E-state index >= 15 is 0 Å². The smallest absolute Gasteiger partial charge is 0.290 e. The van der Waals surface area contributed by atoms with Crippen LogP contribution >= 0.6 is 0 Å². The SMILES string of the molecule is O=C(NCC1CCCC1O)C1CCCN1C(=O)c1ccco1. The van der Waals surface area contributed by atoms with Crippen LogP contribution in [0.5, 0.6) is 0 Å². The molecule has 6 nitrogen and oxygen atoms in total. The van der Waals surface area contributed by atoms with E-state index in [0.29, 0.717) is 19.5 Å². The molecule has 1 aliphatic carbocycles. The Hall–Kier alpha value is -1.82. The fourth-order valence-corrected chi connectivity index (χ4v) is 3.43. The zero-order valence-electron chi connectivity index (χ0n) is 12.5. The number of furan rings is 1. The number of rotatable bonds is 4. The van der Waals surface area contributed by atoms with Crippen LogP contribution in [0.3, 0.4) is 0 Å². The number of nitrogens with zero attached hydrogens (tertiary/aromatic N) is 1. The maximum atomic E-state index is 12.4. The summed E-state index contributed by atoms with van der Waals surface area (Å²) < 4.78 is 5.14. The lowest BCUT2D eigenvalue weighted by molar-refractivity contribution is -0.125. The molecule has 6 heteroatoms. The van der Waals surface area contributed by atoms with Gasteiger partial charge < -0.3 is 19.7 Å². The summed E-state index contributed by atoms with van der Waals surface area (Å²) in [6.45, 7) is 1.06. The number of carbonyl (C=O) groups is 2. The van der Waals surface area contributed by atoms with Gasteiger partial charge in [0.25, 0.3) is 5.91 Å². The minimum absolute atomic E-state index is 0.128. The van der Waals surface area contributed by atoms with E-state index in [1.165, 1.54) is 6.26 Å². The molecule has 2 heterocycles. The van der Waals surface area contributed by atoms with Crippen molar-refractivity contribution in [3.8, 4) is 0 Å². The minimum Gasteiger partial charge on any atom is -0.459 e. The molecule has 1 aliphatic heterocycles. The third kappa shape index (κ3) is 3.02. The van der Waals surface area contributed by atoms with Crippen molar-refractivity contribution in [3.05, 3.63) is 24.2 Å². The van der Waals surface area contributed by atoms with Crippen molar-refractivity contribution in [2.45, 2.75) is 44.2 Å². The standard InChI is InChI=1S/C16H22N2O4/c19-13-6-1-4-11(13)10-17-15(20)12-5-2-8-18(12)16(21)14-7-3-9-22-14/h3,7,9,11-13,19H,1-2,4-6,8,10H2,(H,17,20). The van der Waals surface area contributed by atoms with Crippen LogP contribution in [0.15, 0.2) is 22.8 Å².